The Hall–Kier alpha value is -1.93. The van der Waals surface area contributed by atoms with Crippen molar-refractivity contribution in [3.63, 3.8) is 0 Å². The average Bonchev–Trinajstić information content (AvgIpc) is 3.21. The average molecular weight is 443 g/mol. The summed E-state index contributed by atoms with van der Waals surface area (Å²) in [4.78, 5) is 22.3. The first-order valence-corrected chi connectivity index (χ1v) is 11.5. The molecule has 0 amide bonds. The number of ether oxygens (including phenoxy) is 2. The zero-order valence-electron chi connectivity index (χ0n) is 19.5. The lowest BCUT2D eigenvalue weighted by Gasteiger charge is -2.21. The molecule has 0 fully saturated rings. The molecule has 0 aliphatic rings. The van der Waals surface area contributed by atoms with E-state index in [1.807, 2.05) is 12.5 Å². The van der Waals surface area contributed by atoms with E-state index in [9.17, 15) is 0 Å². The van der Waals surface area contributed by atoms with E-state index in [0.29, 0.717) is 6.61 Å². The summed E-state index contributed by atoms with van der Waals surface area (Å²) in [5, 5.41) is 14.8. The van der Waals surface area contributed by atoms with Crippen LogP contribution in [0.2, 0.25) is 0 Å². The van der Waals surface area contributed by atoms with Crippen LogP contribution in [0.25, 0.3) is 0 Å². The Kier molecular flexibility index (Phi) is 18.8. The lowest BCUT2D eigenvalue weighted by atomic mass is 10.1. The van der Waals surface area contributed by atoms with Crippen molar-refractivity contribution in [2.75, 3.05) is 13.2 Å². The van der Waals surface area contributed by atoms with E-state index in [-0.39, 0.29) is 12.2 Å². The summed E-state index contributed by atoms with van der Waals surface area (Å²) in [6.45, 7) is 8.73. The highest BCUT2D eigenvalue weighted by Gasteiger charge is 2.12. The number of aliphatic carboxylic acids is 2. The highest BCUT2D eigenvalue weighted by Crippen LogP contribution is 2.11. The third-order valence-corrected chi connectivity index (χ3v) is 4.57. The van der Waals surface area contributed by atoms with Gasteiger partial charge < -0.3 is 24.3 Å². The molecule has 1 aromatic rings. The molecule has 0 bridgehead atoms. The molecule has 1 aromatic heterocycles. The number of imidazole rings is 1. The zero-order chi connectivity index (χ0) is 23.3. The molecule has 180 valence electrons. The fourth-order valence-electron chi connectivity index (χ4n) is 3.06. The van der Waals surface area contributed by atoms with Gasteiger partial charge in [-0.25, -0.2) is 14.6 Å². The molecule has 1 atom stereocenters. The summed E-state index contributed by atoms with van der Waals surface area (Å²) in [6.07, 6.45) is 19.5. The van der Waals surface area contributed by atoms with Crippen molar-refractivity contribution in [2.24, 2.45) is 0 Å². The third-order valence-electron chi connectivity index (χ3n) is 4.57. The molecule has 8 heteroatoms. The quantitative estimate of drug-likeness (QED) is 0.264. The molecule has 8 nitrogen and oxygen atoms in total. The number of carboxylic acid groups (broad SMARTS) is 2. The van der Waals surface area contributed by atoms with E-state index in [1.54, 1.807) is 6.20 Å². The summed E-state index contributed by atoms with van der Waals surface area (Å²) in [5.74, 6) is -3.65. The van der Waals surface area contributed by atoms with Gasteiger partial charge in [0.1, 0.15) is 0 Å². The second-order valence-electron chi connectivity index (χ2n) is 7.93. The highest BCUT2D eigenvalue weighted by atomic mass is 16.5. The molecule has 0 saturated heterocycles. The number of aromatic nitrogens is 2. The van der Waals surface area contributed by atoms with E-state index in [4.69, 9.17) is 29.3 Å². The van der Waals surface area contributed by atoms with Crippen molar-refractivity contribution in [3.8, 4) is 0 Å². The number of unbranched alkanes of at least 4 members (excludes halogenated alkanes) is 9. The molecule has 0 spiro atoms. The monoisotopic (exact) mass is 442 g/mol. The van der Waals surface area contributed by atoms with Crippen molar-refractivity contribution >= 4 is 11.9 Å². The molecular formula is C23H42N2O6. The number of carbonyl (C=O) groups is 2. The van der Waals surface area contributed by atoms with E-state index < -0.39 is 11.9 Å². The first-order chi connectivity index (χ1) is 14.9. The number of hydrogen-bond donors (Lipinski definition) is 2. The zero-order valence-corrected chi connectivity index (χ0v) is 19.5. The Balaban J connectivity index is 0.00000131. The van der Waals surface area contributed by atoms with Gasteiger partial charge in [-0.15, -0.1) is 0 Å². The molecular weight excluding hydrogens is 400 g/mol. The van der Waals surface area contributed by atoms with Crippen LogP contribution in [0.4, 0.5) is 0 Å². The minimum Gasteiger partial charge on any atom is -0.473 e. The van der Waals surface area contributed by atoms with E-state index >= 15 is 0 Å². The lowest BCUT2D eigenvalue weighted by molar-refractivity contribution is -0.159. The summed E-state index contributed by atoms with van der Waals surface area (Å²) < 4.78 is 13.9. The van der Waals surface area contributed by atoms with Crippen LogP contribution in [-0.2, 0) is 25.6 Å². The minimum absolute atomic E-state index is 0.0947. The second-order valence-corrected chi connectivity index (χ2v) is 7.93. The molecule has 1 heterocycles. The first kappa shape index (κ1) is 29.1. The molecule has 0 aliphatic carbocycles. The van der Waals surface area contributed by atoms with Gasteiger partial charge in [0.05, 0.1) is 31.7 Å². The van der Waals surface area contributed by atoms with Gasteiger partial charge in [-0.2, -0.15) is 0 Å². The molecule has 0 radical (unpaired) electrons. The maximum atomic E-state index is 9.10. The van der Waals surface area contributed by atoms with Gasteiger partial charge in [0.2, 0.25) is 0 Å². The number of hydrogen-bond acceptors (Lipinski definition) is 5. The highest BCUT2D eigenvalue weighted by molar-refractivity contribution is 6.27. The van der Waals surface area contributed by atoms with Crippen molar-refractivity contribution in [3.05, 3.63) is 18.7 Å². The maximum Gasteiger partial charge on any atom is 0.414 e. The van der Waals surface area contributed by atoms with Crippen molar-refractivity contribution in [2.45, 2.75) is 104 Å². The van der Waals surface area contributed by atoms with Crippen molar-refractivity contribution < 1.29 is 29.3 Å². The number of rotatable bonds is 17. The van der Waals surface area contributed by atoms with Crippen LogP contribution in [0.15, 0.2) is 18.7 Å². The fraction of sp³-hybridized carbons (Fsp3) is 0.783. The van der Waals surface area contributed by atoms with Crippen LogP contribution in [0.3, 0.4) is 0 Å². The summed E-state index contributed by atoms with van der Waals surface area (Å²) in [6, 6.07) is 0. The predicted octanol–water partition coefficient (Wildman–Crippen LogP) is 4.77. The molecule has 31 heavy (non-hydrogen) atoms. The normalized spacial score (nSPS) is 11.7. The van der Waals surface area contributed by atoms with E-state index in [2.05, 4.69) is 30.3 Å². The molecule has 0 aromatic carbocycles. The van der Waals surface area contributed by atoms with Crippen LogP contribution >= 0.6 is 0 Å². The first-order valence-electron chi connectivity index (χ1n) is 11.5. The smallest absolute Gasteiger partial charge is 0.414 e. The van der Waals surface area contributed by atoms with Gasteiger partial charge in [-0.05, 0) is 20.3 Å². The van der Waals surface area contributed by atoms with Crippen LogP contribution in [0.1, 0.15) is 85.0 Å². The molecule has 1 unspecified atom stereocenters. The molecule has 0 saturated carbocycles. The third kappa shape index (κ3) is 19.8. The summed E-state index contributed by atoms with van der Waals surface area (Å²) in [7, 11) is 0. The standard InChI is InChI=1S/C21H40N2O2.C2H2O4/c1-4-5-6-7-8-9-10-11-12-13-16-24-18-21(25-20(2)3)17-23-15-14-22-19-23;3-1(4)2(5)6/h14-15,19-21H,4-13,16-18H2,1-3H3;(H,3,4)(H,5,6). The Morgan fingerprint density at radius 1 is 0.935 bits per heavy atom. The van der Waals surface area contributed by atoms with Crippen LogP contribution in [0.5, 0.6) is 0 Å². The second kappa shape index (κ2) is 20.0. The minimum atomic E-state index is -1.82. The number of nitrogens with zero attached hydrogens (tertiary/aromatic N) is 2. The molecule has 0 aliphatic heterocycles. The summed E-state index contributed by atoms with van der Waals surface area (Å²) >= 11 is 0. The van der Waals surface area contributed by atoms with Gasteiger partial charge in [0.25, 0.3) is 0 Å². The predicted molar refractivity (Wildman–Crippen MR) is 120 cm³/mol. The Labute approximate surface area is 187 Å². The van der Waals surface area contributed by atoms with Crippen LogP contribution in [0, 0.1) is 0 Å². The van der Waals surface area contributed by atoms with E-state index in [1.165, 1.54) is 57.8 Å². The van der Waals surface area contributed by atoms with Gasteiger partial charge >= 0.3 is 11.9 Å². The topological polar surface area (TPSA) is 111 Å². The van der Waals surface area contributed by atoms with Gasteiger partial charge in [-0.1, -0.05) is 64.7 Å². The van der Waals surface area contributed by atoms with Crippen LogP contribution < -0.4 is 0 Å². The molecule has 2 N–H and O–H groups in total. The van der Waals surface area contributed by atoms with Gasteiger partial charge in [0.15, 0.2) is 0 Å². The van der Waals surface area contributed by atoms with Gasteiger partial charge in [-0.3, -0.25) is 0 Å². The van der Waals surface area contributed by atoms with Gasteiger partial charge in [0, 0.05) is 19.0 Å². The number of carboxylic acids is 2. The Morgan fingerprint density at radius 2 is 1.48 bits per heavy atom. The van der Waals surface area contributed by atoms with Crippen molar-refractivity contribution in [1.82, 2.24) is 9.55 Å². The van der Waals surface area contributed by atoms with E-state index in [0.717, 1.165) is 19.6 Å². The lowest BCUT2D eigenvalue weighted by Crippen LogP contribution is -2.28. The summed E-state index contributed by atoms with van der Waals surface area (Å²) in [5.41, 5.74) is 0. The Morgan fingerprint density at radius 3 is 1.94 bits per heavy atom. The van der Waals surface area contributed by atoms with Crippen LogP contribution in [-0.4, -0.2) is 57.1 Å². The van der Waals surface area contributed by atoms with Crippen molar-refractivity contribution in [1.29, 1.82) is 0 Å². The SMILES string of the molecule is CCCCCCCCCCCCOCC(Cn1ccnc1)OC(C)C.O=C(O)C(=O)O. The molecule has 1 rings (SSSR count). The maximum absolute atomic E-state index is 9.10. The fourth-order valence-corrected chi connectivity index (χ4v) is 3.06. The largest absolute Gasteiger partial charge is 0.473 e. The Bertz CT molecular complexity index is 536.